The van der Waals surface area contributed by atoms with Crippen LogP contribution in [0.2, 0.25) is 0 Å². The van der Waals surface area contributed by atoms with Crippen LogP contribution in [0.3, 0.4) is 0 Å². The Kier molecular flexibility index (Phi) is 6.59. The molecule has 1 aliphatic heterocycles. The van der Waals surface area contributed by atoms with Gasteiger partial charge in [-0.05, 0) is 74.6 Å². The van der Waals surface area contributed by atoms with E-state index in [1.807, 2.05) is 39.0 Å². The second kappa shape index (κ2) is 8.97. The van der Waals surface area contributed by atoms with E-state index in [9.17, 15) is 13.2 Å². The van der Waals surface area contributed by atoms with Crippen molar-refractivity contribution >= 4 is 21.6 Å². The molecule has 6 nitrogen and oxygen atoms in total. The van der Waals surface area contributed by atoms with Crippen molar-refractivity contribution in [2.45, 2.75) is 51.0 Å². The van der Waals surface area contributed by atoms with Crippen molar-refractivity contribution < 1.29 is 17.9 Å². The van der Waals surface area contributed by atoms with Gasteiger partial charge in [-0.15, -0.1) is 0 Å². The number of benzene rings is 2. The van der Waals surface area contributed by atoms with Crippen molar-refractivity contribution in [3.8, 4) is 5.75 Å². The summed E-state index contributed by atoms with van der Waals surface area (Å²) in [6.45, 7) is 6.99. The van der Waals surface area contributed by atoms with Crippen LogP contribution in [-0.2, 0) is 14.8 Å². The average Bonchev–Trinajstić information content (AvgIpc) is 3.25. The Balaban J connectivity index is 1.68. The van der Waals surface area contributed by atoms with E-state index in [0.717, 1.165) is 24.0 Å². The number of nitrogens with zero attached hydrogens (tertiary/aromatic N) is 1. The van der Waals surface area contributed by atoms with E-state index in [-0.39, 0.29) is 10.8 Å². The molecule has 0 spiro atoms. The van der Waals surface area contributed by atoms with Gasteiger partial charge in [-0.2, -0.15) is 4.31 Å². The maximum atomic E-state index is 12.7. The minimum Gasteiger partial charge on any atom is -0.480 e. The molecule has 7 heteroatoms. The van der Waals surface area contributed by atoms with Gasteiger partial charge in [-0.3, -0.25) is 4.79 Å². The van der Waals surface area contributed by atoms with Gasteiger partial charge in [0, 0.05) is 18.8 Å². The van der Waals surface area contributed by atoms with Crippen LogP contribution in [0.1, 0.15) is 37.3 Å². The van der Waals surface area contributed by atoms with E-state index in [1.165, 1.54) is 16.4 Å². The fraction of sp³-hybridized carbons (Fsp3) is 0.409. The number of hydrogen-bond donors (Lipinski definition) is 1. The van der Waals surface area contributed by atoms with E-state index >= 15 is 0 Å². The highest BCUT2D eigenvalue weighted by Gasteiger charge is 2.27. The molecule has 1 amide bonds. The largest absolute Gasteiger partial charge is 0.480 e. The van der Waals surface area contributed by atoms with Gasteiger partial charge < -0.3 is 10.1 Å². The molecule has 1 heterocycles. The molecule has 0 unspecified atom stereocenters. The quantitative estimate of drug-likeness (QED) is 0.743. The molecule has 1 N–H and O–H groups in total. The summed E-state index contributed by atoms with van der Waals surface area (Å²) in [4.78, 5) is 12.9. The standard InChI is InChI=1S/C22H28N2O4S/c1-4-20(28-21-9-7-8-16(2)17(21)3)22(25)23-18-10-12-19(13-11-18)29(26,27)24-14-5-6-15-24/h7-13,20H,4-6,14-15H2,1-3H3,(H,23,25)/t20-/m0/s1. The highest BCUT2D eigenvalue weighted by Crippen LogP contribution is 2.24. The van der Waals surface area contributed by atoms with Crippen molar-refractivity contribution in [1.29, 1.82) is 0 Å². The maximum Gasteiger partial charge on any atom is 0.265 e. The normalized spacial score (nSPS) is 15.8. The lowest BCUT2D eigenvalue weighted by atomic mass is 10.1. The summed E-state index contributed by atoms with van der Waals surface area (Å²) in [5, 5.41) is 2.82. The lowest BCUT2D eigenvalue weighted by Crippen LogP contribution is -2.32. The van der Waals surface area contributed by atoms with Gasteiger partial charge in [0.2, 0.25) is 10.0 Å². The molecule has 2 aromatic rings. The number of carbonyl (C=O) groups excluding carboxylic acids is 1. The first kappa shape index (κ1) is 21.3. The smallest absolute Gasteiger partial charge is 0.265 e. The molecular formula is C22H28N2O4S. The molecule has 0 bridgehead atoms. The Morgan fingerprint density at radius 1 is 1.10 bits per heavy atom. The Bertz CT molecular complexity index is 965. The minimum atomic E-state index is -3.46. The molecule has 0 saturated carbocycles. The number of sulfonamides is 1. The molecule has 1 saturated heterocycles. The van der Waals surface area contributed by atoms with Crippen molar-refractivity contribution in [3.63, 3.8) is 0 Å². The third-order valence-corrected chi connectivity index (χ3v) is 7.22. The predicted molar refractivity (Wildman–Crippen MR) is 114 cm³/mol. The zero-order chi connectivity index (χ0) is 21.0. The van der Waals surface area contributed by atoms with Crippen molar-refractivity contribution in [3.05, 3.63) is 53.6 Å². The fourth-order valence-electron chi connectivity index (χ4n) is 3.34. The number of rotatable bonds is 7. The molecule has 1 fully saturated rings. The highest BCUT2D eigenvalue weighted by atomic mass is 32.2. The summed E-state index contributed by atoms with van der Waals surface area (Å²) >= 11 is 0. The number of nitrogens with one attached hydrogen (secondary N) is 1. The molecule has 2 aromatic carbocycles. The van der Waals surface area contributed by atoms with Crippen LogP contribution >= 0.6 is 0 Å². The molecule has 156 valence electrons. The Morgan fingerprint density at radius 2 is 1.76 bits per heavy atom. The number of ether oxygens (including phenoxy) is 1. The van der Waals surface area contributed by atoms with Gasteiger partial charge in [0.05, 0.1) is 4.90 Å². The topological polar surface area (TPSA) is 75.7 Å². The molecular weight excluding hydrogens is 388 g/mol. The first-order valence-electron chi connectivity index (χ1n) is 9.97. The van der Waals surface area contributed by atoms with Crippen LogP contribution in [0.25, 0.3) is 0 Å². The van der Waals surface area contributed by atoms with Crippen LogP contribution in [0.5, 0.6) is 5.75 Å². The second-order valence-electron chi connectivity index (χ2n) is 7.34. The predicted octanol–water partition coefficient (Wildman–Crippen LogP) is 3.88. The maximum absolute atomic E-state index is 12.7. The second-order valence-corrected chi connectivity index (χ2v) is 9.28. The first-order chi connectivity index (χ1) is 13.8. The van der Waals surface area contributed by atoms with E-state index in [1.54, 1.807) is 12.1 Å². The minimum absolute atomic E-state index is 0.246. The summed E-state index contributed by atoms with van der Waals surface area (Å²) < 4.78 is 32.7. The number of hydrogen-bond acceptors (Lipinski definition) is 4. The van der Waals surface area contributed by atoms with Crippen LogP contribution in [0.15, 0.2) is 47.4 Å². The van der Waals surface area contributed by atoms with Crippen molar-refractivity contribution in [2.24, 2.45) is 0 Å². The van der Waals surface area contributed by atoms with E-state index < -0.39 is 16.1 Å². The molecule has 1 aliphatic rings. The molecule has 3 rings (SSSR count). The summed E-state index contributed by atoms with van der Waals surface area (Å²) in [6, 6.07) is 12.1. The third kappa shape index (κ3) is 4.79. The number of anilines is 1. The third-order valence-electron chi connectivity index (χ3n) is 5.31. The van der Waals surface area contributed by atoms with Crippen molar-refractivity contribution in [1.82, 2.24) is 4.31 Å². The Hall–Kier alpha value is -2.38. The van der Waals surface area contributed by atoms with Crippen LogP contribution in [-0.4, -0.2) is 37.8 Å². The Labute approximate surface area is 172 Å². The molecule has 1 atom stereocenters. The molecule has 0 aliphatic carbocycles. The first-order valence-corrected chi connectivity index (χ1v) is 11.4. The van der Waals surface area contributed by atoms with Crippen LogP contribution in [0.4, 0.5) is 5.69 Å². The Morgan fingerprint density at radius 3 is 2.38 bits per heavy atom. The summed E-state index contributed by atoms with van der Waals surface area (Å²) in [5.41, 5.74) is 2.65. The average molecular weight is 417 g/mol. The van der Waals surface area contributed by atoms with E-state index in [2.05, 4.69) is 5.32 Å². The van der Waals surface area contributed by atoms with E-state index in [4.69, 9.17) is 4.74 Å². The number of aryl methyl sites for hydroxylation is 1. The van der Waals surface area contributed by atoms with E-state index in [0.29, 0.717) is 30.9 Å². The zero-order valence-electron chi connectivity index (χ0n) is 17.1. The lowest BCUT2D eigenvalue weighted by Gasteiger charge is -2.19. The van der Waals surface area contributed by atoms with Gasteiger partial charge in [-0.1, -0.05) is 19.1 Å². The van der Waals surface area contributed by atoms with Gasteiger partial charge >= 0.3 is 0 Å². The van der Waals surface area contributed by atoms with Gasteiger partial charge in [0.1, 0.15) is 5.75 Å². The highest BCUT2D eigenvalue weighted by molar-refractivity contribution is 7.89. The van der Waals surface area contributed by atoms with Gasteiger partial charge in [0.25, 0.3) is 5.91 Å². The lowest BCUT2D eigenvalue weighted by molar-refractivity contribution is -0.122. The molecule has 0 radical (unpaired) electrons. The van der Waals surface area contributed by atoms with Gasteiger partial charge in [-0.25, -0.2) is 8.42 Å². The molecule has 0 aromatic heterocycles. The fourth-order valence-corrected chi connectivity index (χ4v) is 4.85. The van der Waals surface area contributed by atoms with Gasteiger partial charge in [0.15, 0.2) is 6.10 Å². The monoisotopic (exact) mass is 416 g/mol. The molecule has 29 heavy (non-hydrogen) atoms. The summed E-state index contributed by atoms with van der Waals surface area (Å²) in [5.74, 6) is 0.433. The SMILES string of the molecule is CC[C@H](Oc1cccc(C)c1C)C(=O)Nc1ccc(S(=O)(=O)N2CCCC2)cc1. The van der Waals surface area contributed by atoms with Crippen molar-refractivity contribution in [2.75, 3.05) is 18.4 Å². The number of amides is 1. The van der Waals surface area contributed by atoms with Crippen LogP contribution in [0, 0.1) is 13.8 Å². The summed E-state index contributed by atoms with van der Waals surface area (Å²) in [6.07, 6.45) is 1.67. The zero-order valence-corrected chi connectivity index (χ0v) is 18.0. The summed E-state index contributed by atoms with van der Waals surface area (Å²) in [7, 11) is -3.46. The number of carbonyl (C=O) groups is 1. The van der Waals surface area contributed by atoms with Crippen LogP contribution < -0.4 is 10.1 Å².